The summed E-state index contributed by atoms with van der Waals surface area (Å²) in [5, 5.41) is 12.6. The smallest absolute Gasteiger partial charge is 0.157 e. The first-order valence-corrected chi connectivity index (χ1v) is 7.93. The zero-order valence-electron chi connectivity index (χ0n) is 12.6. The van der Waals surface area contributed by atoms with Crippen molar-refractivity contribution in [2.24, 2.45) is 22.5 Å². The van der Waals surface area contributed by atoms with Crippen molar-refractivity contribution < 1.29 is 0 Å². The van der Waals surface area contributed by atoms with Crippen LogP contribution >= 0.6 is 0 Å². The highest BCUT2D eigenvalue weighted by Crippen LogP contribution is 2.69. The number of aromatic nitrogens is 4. The highest BCUT2D eigenvalue weighted by atomic mass is 15.5. The van der Waals surface area contributed by atoms with E-state index in [1.54, 1.807) is 0 Å². The van der Waals surface area contributed by atoms with Crippen LogP contribution in [0.5, 0.6) is 0 Å². The molecule has 0 spiro atoms. The number of tetrazole rings is 1. The van der Waals surface area contributed by atoms with Crippen molar-refractivity contribution in [1.29, 1.82) is 0 Å². The van der Waals surface area contributed by atoms with Crippen molar-refractivity contribution in [3.05, 3.63) is 5.82 Å². The van der Waals surface area contributed by atoms with Gasteiger partial charge in [-0.3, -0.25) is 0 Å². The summed E-state index contributed by atoms with van der Waals surface area (Å²) in [5.41, 5.74) is 6.91. The zero-order valence-corrected chi connectivity index (χ0v) is 12.6. The molecule has 1 aromatic heterocycles. The molecule has 1 heterocycles. The molecule has 0 aliphatic heterocycles. The van der Waals surface area contributed by atoms with Crippen LogP contribution in [0, 0.1) is 16.7 Å². The summed E-state index contributed by atoms with van der Waals surface area (Å²) in [6.07, 6.45) is 8.00. The maximum absolute atomic E-state index is 5.72. The summed E-state index contributed by atoms with van der Waals surface area (Å²) in [6, 6.07) is 0. The molecule has 0 amide bonds. The van der Waals surface area contributed by atoms with Gasteiger partial charge in [0.25, 0.3) is 0 Å². The lowest BCUT2D eigenvalue weighted by molar-refractivity contribution is -0.113. The van der Waals surface area contributed by atoms with Gasteiger partial charge in [-0.05, 0) is 65.7 Å². The van der Waals surface area contributed by atoms with E-state index < -0.39 is 0 Å². The standard InChI is InChI=1S/C15H25N5/c1-13-5-11-6-14(2,8-13)10-15(7-11,9-13)12-17-18-19-20(12)4-3-16/h11H,3-10,16H2,1-2H3. The Hall–Kier alpha value is -0.970. The van der Waals surface area contributed by atoms with Crippen molar-refractivity contribution >= 4 is 0 Å². The van der Waals surface area contributed by atoms with E-state index in [-0.39, 0.29) is 5.41 Å². The molecule has 2 N–H and O–H groups in total. The Kier molecular flexibility index (Phi) is 2.43. The van der Waals surface area contributed by atoms with Gasteiger partial charge in [0.1, 0.15) is 0 Å². The van der Waals surface area contributed by atoms with Crippen LogP contribution in [0.4, 0.5) is 0 Å². The van der Waals surface area contributed by atoms with E-state index in [9.17, 15) is 0 Å². The van der Waals surface area contributed by atoms with Crippen LogP contribution in [0.2, 0.25) is 0 Å². The molecular formula is C15H25N5. The lowest BCUT2D eigenvalue weighted by Crippen LogP contribution is -2.57. The zero-order chi connectivity index (χ0) is 14.0. The third kappa shape index (κ3) is 1.68. The minimum Gasteiger partial charge on any atom is -0.329 e. The lowest BCUT2D eigenvalue weighted by atomic mass is 9.40. The summed E-state index contributed by atoms with van der Waals surface area (Å²) in [5.74, 6) is 1.98. The second-order valence-corrected chi connectivity index (χ2v) is 8.42. The predicted octanol–water partition coefficient (Wildman–Crippen LogP) is 1.88. The topological polar surface area (TPSA) is 69.6 Å². The summed E-state index contributed by atoms with van der Waals surface area (Å²) < 4.78 is 1.97. The maximum Gasteiger partial charge on any atom is 0.157 e. The van der Waals surface area contributed by atoms with E-state index >= 15 is 0 Å². The van der Waals surface area contributed by atoms with Crippen molar-refractivity contribution in [3.8, 4) is 0 Å². The van der Waals surface area contributed by atoms with Gasteiger partial charge in [-0.2, -0.15) is 0 Å². The van der Waals surface area contributed by atoms with Crippen LogP contribution in [-0.4, -0.2) is 26.8 Å². The van der Waals surface area contributed by atoms with E-state index in [0.717, 1.165) is 18.3 Å². The number of nitrogens with zero attached hydrogens (tertiary/aromatic N) is 4. The Bertz CT molecular complexity index is 518. The fourth-order valence-corrected chi connectivity index (χ4v) is 6.55. The second-order valence-electron chi connectivity index (χ2n) is 8.42. The molecule has 4 aliphatic carbocycles. The molecule has 1 aromatic rings. The van der Waals surface area contributed by atoms with Gasteiger partial charge in [0.15, 0.2) is 5.82 Å². The van der Waals surface area contributed by atoms with E-state index in [1.807, 2.05) is 4.68 Å². The maximum atomic E-state index is 5.72. The Morgan fingerprint density at radius 3 is 2.45 bits per heavy atom. The SMILES string of the molecule is CC12CC3CC(C)(C1)CC(c1nnnn1CCN)(C3)C2. The molecule has 2 atom stereocenters. The first-order valence-electron chi connectivity index (χ1n) is 7.93. The van der Waals surface area contributed by atoms with Gasteiger partial charge in [0.2, 0.25) is 0 Å². The molecular weight excluding hydrogens is 250 g/mol. The van der Waals surface area contributed by atoms with Crippen LogP contribution in [0.15, 0.2) is 0 Å². The van der Waals surface area contributed by atoms with Crippen LogP contribution < -0.4 is 5.73 Å². The lowest BCUT2D eigenvalue weighted by Gasteiger charge is -2.64. The Morgan fingerprint density at radius 1 is 1.15 bits per heavy atom. The fraction of sp³-hybridized carbons (Fsp3) is 0.933. The first-order chi connectivity index (χ1) is 9.46. The highest BCUT2D eigenvalue weighted by Gasteiger charge is 2.62. The van der Waals surface area contributed by atoms with Crippen molar-refractivity contribution in [1.82, 2.24) is 20.2 Å². The Labute approximate surface area is 120 Å². The van der Waals surface area contributed by atoms with Crippen molar-refractivity contribution in [3.63, 3.8) is 0 Å². The summed E-state index contributed by atoms with van der Waals surface area (Å²) >= 11 is 0. The number of hydrogen-bond donors (Lipinski definition) is 1. The van der Waals surface area contributed by atoms with E-state index in [1.165, 1.54) is 38.5 Å². The average Bonchev–Trinajstić information content (AvgIpc) is 2.73. The molecule has 5 heteroatoms. The Balaban J connectivity index is 1.78. The second kappa shape index (κ2) is 3.81. The molecule has 5 rings (SSSR count). The summed E-state index contributed by atoms with van der Waals surface area (Å²) in [7, 11) is 0. The minimum absolute atomic E-state index is 0.210. The molecule has 4 fully saturated rings. The summed E-state index contributed by atoms with van der Waals surface area (Å²) in [6.45, 7) is 6.32. The Morgan fingerprint density at radius 2 is 1.85 bits per heavy atom. The van der Waals surface area contributed by atoms with Crippen LogP contribution in [-0.2, 0) is 12.0 Å². The molecule has 4 saturated carbocycles. The fourth-order valence-electron chi connectivity index (χ4n) is 6.55. The van der Waals surface area contributed by atoms with Gasteiger partial charge in [0, 0.05) is 12.0 Å². The van der Waals surface area contributed by atoms with Gasteiger partial charge in [-0.25, -0.2) is 4.68 Å². The van der Waals surface area contributed by atoms with Gasteiger partial charge in [-0.15, -0.1) is 5.10 Å². The number of nitrogens with two attached hydrogens (primary N) is 1. The molecule has 4 aliphatic rings. The quantitative estimate of drug-likeness (QED) is 0.914. The predicted molar refractivity (Wildman–Crippen MR) is 76.0 cm³/mol. The number of rotatable bonds is 3. The van der Waals surface area contributed by atoms with Crippen molar-refractivity contribution in [2.45, 2.75) is 64.3 Å². The van der Waals surface area contributed by atoms with Gasteiger partial charge < -0.3 is 5.73 Å². The molecule has 20 heavy (non-hydrogen) atoms. The van der Waals surface area contributed by atoms with Gasteiger partial charge >= 0.3 is 0 Å². The van der Waals surface area contributed by atoms with Gasteiger partial charge in [-0.1, -0.05) is 13.8 Å². The van der Waals surface area contributed by atoms with Crippen LogP contribution in [0.25, 0.3) is 0 Å². The molecule has 5 nitrogen and oxygen atoms in total. The molecule has 2 unspecified atom stereocenters. The van der Waals surface area contributed by atoms with Crippen LogP contribution in [0.3, 0.4) is 0 Å². The number of hydrogen-bond acceptors (Lipinski definition) is 4. The van der Waals surface area contributed by atoms with Crippen molar-refractivity contribution in [2.75, 3.05) is 6.54 Å². The minimum atomic E-state index is 0.210. The third-order valence-electron chi connectivity index (χ3n) is 5.97. The van der Waals surface area contributed by atoms with Crippen LogP contribution in [0.1, 0.15) is 58.2 Å². The summed E-state index contributed by atoms with van der Waals surface area (Å²) in [4.78, 5) is 0. The first kappa shape index (κ1) is 12.7. The largest absolute Gasteiger partial charge is 0.329 e. The highest BCUT2D eigenvalue weighted by molar-refractivity contribution is 5.21. The third-order valence-corrected chi connectivity index (χ3v) is 5.97. The molecule has 110 valence electrons. The molecule has 0 saturated heterocycles. The normalized spacial score (nSPS) is 46.0. The molecule has 0 aromatic carbocycles. The van der Waals surface area contributed by atoms with E-state index in [2.05, 4.69) is 29.4 Å². The average molecular weight is 275 g/mol. The van der Waals surface area contributed by atoms with E-state index in [0.29, 0.717) is 17.4 Å². The monoisotopic (exact) mass is 275 g/mol. The van der Waals surface area contributed by atoms with Gasteiger partial charge in [0.05, 0.1) is 6.54 Å². The molecule has 0 radical (unpaired) electrons. The molecule has 4 bridgehead atoms. The van der Waals surface area contributed by atoms with E-state index in [4.69, 9.17) is 5.73 Å².